The number of thioether (sulfide) groups is 1. The third-order valence-electron chi connectivity index (χ3n) is 6.02. The molecule has 1 saturated carbocycles. The van der Waals surface area contributed by atoms with Crippen molar-refractivity contribution < 1.29 is 18.7 Å². The zero-order valence-corrected chi connectivity index (χ0v) is 19.6. The molecule has 0 bridgehead atoms. The summed E-state index contributed by atoms with van der Waals surface area (Å²) in [6.45, 7) is 2.08. The summed E-state index contributed by atoms with van der Waals surface area (Å²) in [5.41, 5.74) is 1.38. The van der Waals surface area contributed by atoms with E-state index in [4.69, 9.17) is 14.6 Å². The Labute approximate surface area is 201 Å². The molecule has 2 aliphatic heterocycles. The summed E-state index contributed by atoms with van der Waals surface area (Å²) in [5, 5.41) is 16.1. The maximum Gasteiger partial charge on any atom is 0.338 e. The fraction of sp³-hybridized carbons (Fsp3) is 0.320. The normalized spacial score (nSPS) is 19.8. The van der Waals surface area contributed by atoms with Gasteiger partial charge in [0.2, 0.25) is 5.17 Å². The SMILES string of the molecule is CCOC(=O)c1ccc(-c2ccc(/C=C3/C(=N)N4N=C(C5CCCCC5)SC4=NC3=O)o2)cc1. The van der Waals surface area contributed by atoms with Gasteiger partial charge in [-0.25, -0.2) is 4.79 Å². The number of benzene rings is 1. The minimum Gasteiger partial charge on any atom is -0.462 e. The van der Waals surface area contributed by atoms with Gasteiger partial charge in [0.25, 0.3) is 5.91 Å². The van der Waals surface area contributed by atoms with Crippen LogP contribution in [0, 0.1) is 11.3 Å². The Morgan fingerprint density at radius 2 is 1.97 bits per heavy atom. The highest BCUT2D eigenvalue weighted by Crippen LogP contribution is 2.36. The number of carbonyl (C=O) groups excluding carboxylic acids is 2. The number of rotatable bonds is 5. The highest BCUT2D eigenvalue weighted by molar-refractivity contribution is 8.27. The molecule has 1 amide bonds. The number of nitrogens with one attached hydrogen (secondary N) is 1. The maximum absolute atomic E-state index is 12.7. The van der Waals surface area contributed by atoms with E-state index in [1.54, 1.807) is 43.3 Å². The molecule has 1 aliphatic carbocycles. The lowest BCUT2D eigenvalue weighted by Gasteiger charge is -2.20. The first-order valence-electron chi connectivity index (χ1n) is 11.4. The monoisotopic (exact) mass is 476 g/mol. The predicted molar refractivity (Wildman–Crippen MR) is 132 cm³/mol. The van der Waals surface area contributed by atoms with E-state index in [-0.39, 0.29) is 17.4 Å². The number of ether oxygens (including phenoxy) is 1. The predicted octanol–water partition coefficient (Wildman–Crippen LogP) is 5.32. The Bertz CT molecular complexity index is 1240. The number of amidine groups is 2. The van der Waals surface area contributed by atoms with E-state index < -0.39 is 5.91 Å². The van der Waals surface area contributed by atoms with Crippen molar-refractivity contribution >= 4 is 45.8 Å². The van der Waals surface area contributed by atoms with E-state index in [1.165, 1.54) is 42.1 Å². The van der Waals surface area contributed by atoms with E-state index in [2.05, 4.69) is 10.1 Å². The number of fused-ring (bicyclic) bond motifs is 1. The van der Waals surface area contributed by atoms with Gasteiger partial charge in [-0.2, -0.15) is 15.1 Å². The summed E-state index contributed by atoms with van der Waals surface area (Å²) in [6.07, 6.45) is 7.33. The van der Waals surface area contributed by atoms with Crippen molar-refractivity contribution in [2.45, 2.75) is 39.0 Å². The van der Waals surface area contributed by atoms with E-state index in [1.807, 2.05) is 0 Å². The molecule has 3 heterocycles. The smallest absolute Gasteiger partial charge is 0.338 e. The molecular weight excluding hydrogens is 452 g/mol. The maximum atomic E-state index is 12.7. The summed E-state index contributed by atoms with van der Waals surface area (Å²) in [5.74, 6) is 0.550. The molecule has 9 heteroatoms. The second kappa shape index (κ2) is 9.42. The Morgan fingerprint density at radius 1 is 1.21 bits per heavy atom. The molecule has 34 heavy (non-hydrogen) atoms. The third-order valence-corrected chi connectivity index (χ3v) is 7.09. The van der Waals surface area contributed by atoms with Gasteiger partial charge in [0.15, 0.2) is 5.84 Å². The lowest BCUT2D eigenvalue weighted by Crippen LogP contribution is -2.35. The van der Waals surface area contributed by atoms with Crippen LogP contribution in [-0.4, -0.2) is 39.5 Å². The van der Waals surface area contributed by atoms with Gasteiger partial charge >= 0.3 is 5.97 Å². The summed E-state index contributed by atoms with van der Waals surface area (Å²) in [6, 6.07) is 10.4. The van der Waals surface area contributed by atoms with Crippen LogP contribution in [0.3, 0.4) is 0 Å². The van der Waals surface area contributed by atoms with Crippen molar-refractivity contribution in [1.29, 1.82) is 5.41 Å². The number of amides is 1. The Morgan fingerprint density at radius 3 is 2.71 bits per heavy atom. The van der Waals surface area contributed by atoms with Crippen LogP contribution < -0.4 is 0 Å². The van der Waals surface area contributed by atoms with Gasteiger partial charge in [0.05, 0.1) is 17.7 Å². The van der Waals surface area contributed by atoms with Crippen molar-refractivity contribution in [3.05, 3.63) is 53.3 Å². The topological polar surface area (TPSA) is 108 Å². The molecule has 0 atom stereocenters. The van der Waals surface area contributed by atoms with Gasteiger partial charge in [-0.1, -0.05) is 31.4 Å². The van der Waals surface area contributed by atoms with Gasteiger partial charge in [0.1, 0.15) is 16.6 Å². The summed E-state index contributed by atoms with van der Waals surface area (Å²) >= 11 is 1.41. The van der Waals surface area contributed by atoms with Gasteiger partial charge in [-0.3, -0.25) is 10.2 Å². The van der Waals surface area contributed by atoms with E-state index in [9.17, 15) is 9.59 Å². The van der Waals surface area contributed by atoms with Gasteiger partial charge < -0.3 is 9.15 Å². The van der Waals surface area contributed by atoms with Crippen LogP contribution in [-0.2, 0) is 9.53 Å². The van der Waals surface area contributed by atoms with Crippen molar-refractivity contribution in [2.75, 3.05) is 6.61 Å². The number of aliphatic imine (C=N–C) groups is 1. The molecule has 8 nitrogen and oxygen atoms in total. The van der Waals surface area contributed by atoms with Crippen LogP contribution in [0.25, 0.3) is 17.4 Å². The molecule has 174 valence electrons. The molecular formula is C25H24N4O4S. The van der Waals surface area contributed by atoms with Crippen LogP contribution in [0.4, 0.5) is 0 Å². The average Bonchev–Trinajstić information content (AvgIpc) is 3.50. The Hall–Kier alpha value is -3.46. The average molecular weight is 477 g/mol. The summed E-state index contributed by atoms with van der Waals surface area (Å²) < 4.78 is 10.9. The lowest BCUT2D eigenvalue weighted by atomic mass is 9.90. The Kier molecular flexibility index (Phi) is 6.19. The van der Waals surface area contributed by atoms with Crippen molar-refractivity contribution in [1.82, 2.24) is 5.01 Å². The quantitative estimate of drug-likeness (QED) is 0.462. The fourth-order valence-corrected chi connectivity index (χ4v) is 5.29. The minimum atomic E-state index is -0.472. The van der Waals surface area contributed by atoms with Crippen LogP contribution in [0.5, 0.6) is 0 Å². The number of hydrazone groups is 1. The molecule has 0 saturated heterocycles. The lowest BCUT2D eigenvalue weighted by molar-refractivity contribution is -0.114. The van der Waals surface area contributed by atoms with Crippen molar-refractivity contribution in [2.24, 2.45) is 16.0 Å². The molecule has 1 aromatic heterocycles. The Balaban J connectivity index is 1.34. The first-order valence-corrected chi connectivity index (χ1v) is 12.2. The molecule has 1 fully saturated rings. The molecule has 0 radical (unpaired) electrons. The van der Waals surface area contributed by atoms with E-state index in [0.29, 0.717) is 34.8 Å². The second-order valence-corrected chi connectivity index (χ2v) is 9.28. The largest absolute Gasteiger partial charge is 0.462 e. The van der Waals surface area contributed by atoms with Crippen LogP contribution in [0.1, 0.15) is 55.1 Å². The van der Waals surface area contributed by atoms with Crippen LogP contribution >= 0.6 is 11.8 Å². The fourth-order valence-electron chi connectivity index (χ4n) is 4.23. The van der Waals surface area contributed by atoms with E-state index in [0.717, 1.165) is 23.4 Å². The molecule has 1 N–H and O–H groups in total. The van der Waals surface area contributed by atoms with Gasteiger partial charge in [0, 0.05) is 11.5 Å². The third kappa shape index (κ3) is 4.35. The number of carbonyl (C=O) groups is 2. The van der Waals surface area contributed by atoms with Crippen LogP contribution in [0.15, 0.2) is 56.5 Å². The zero-order valence-electron chi connectivity index (χ0n) is 18.7. The second-order valence-electron chi connectivity index (χ2n) is 8.29. The van der Waals surface area contributed by atoms with E-state index >= 15 is 0 Å². The molecule has 2 aromatic rings. The standard InChI is InChI=1S/C25H24N4O4S/c1-2-32-24(31)17-10-8-15(9-11-17)20-13-12-18(33-20)14-19-21(26)29-25(27-22(19)30)34-23(28-29)16-6-4-3-5-7-16/h8-14,16,26H,2-7H2,1H3/b19-14-,26-21?. The first-order chi connectivity index (χ1) is 16.5. The molecule has 0 spiro atoms. The van der Waals surface area contributed by atoms with Crippen LogP contribution in [0.2, 0.25) is 0 Å². The highest BCUT2D eigenvalue weighted by Gasteiger charge is 2.38. The number of hydrogen-bond acceptors (Lipinski definition) is 7. The summed E-state index contributed by atoms with van der Waals surface area (Å²) in [4.78, 5) is 28.7. The highest BCUT2D eigenvalue weighted by atomic mass is 32.2. The van der Waals surface area contributed by atoms with Gasteiger partial charge in [-0.15, -0.1) is 0 Å². The summed E-state index contributed by atoms with van der Waals surface area (Å²) in [7, 11) is 0. The molecule has 5 rings (SSSR count). The molecule has 3 aliphatic rings. The van der Waals surface area contributed by atoms with Crippen molar-refractivity contribution in [3.63, 3.8) is 0 Å². The number of nitrogens with zero attached hydrogens (tertiary/aromatic N) is 3. The number of furan rings is 1. The number of hydrogen-bond donors (Lipinski definition) is 1. The minimum absolute atomic E-state index is 0.00467. The number of esters is 1. The van der Waals surface area contributed by atoms with Crippen molar-refractivity contribution in [3.8, 4) is 11.3 Å². The first kappa shape index (κ1) is 22.3. The zero-order chi connectivity index (χ0) is 23.7. The van der Waals surface area contributed by atoms with Gasteiger partial charge in [-0.05, 0) is 61.9 Å². The molecule has 1 aromatic carbocycles. The molecule has 0 unspecified atom stereocenters.